The van der Waals surface area contributed by atoms with Crippen LogP contribution in [0.25, 0.3) is 0 Å². The van der Waals surface area contributed by atoms with Gasteiger partial charge in [-0.2, -0.15) is 0 Å². The number of hydrogen-bond acceptors (Lipinski definition) is 3. The lowest BCUT2D eigenvalue weighted by atomic mass is 9.84. The fourth-order valence-electron chi connectivity index (χ4n) is 2.38. The van der Waals surface area contributed by atoms with Gasteiger partial charge in [0.2, 0.25) is 5.91 Å². The van der Waals surface area contributed by atoms with E-state index in [0.29, 0.717) is 26.2 Å². The number of carbonyl (C=O) groups is 1. The number of rotatable bonds is 5. The second-order valence-corrected chi connectivity index (χ2v) is 6.10. The zero-order valence-corrected chi connectivity index (χ0v) is 13.8. The predicted octanol–water partition coefficient (Wildman–Crippen LogP) is 2.02. The van der Waals surface area contributed by atoms with Crippen LogP contribution in [0.1, 0.15) is 25.8 Å². The third-order valence-electron chi connectivity index (χ3n) is 3.76. The highest BCUT2D eigenvalue weighted by Gasteiger charge is 2.23. The molecule has 22 heavy (non-hydrogen) atoms. The van der Waals surface area contributed by atoms with Gasteiger partial charge < -0.3 is 15.4 Å². The lowest BCUT2D eigenvalue weighted by Crippen LogP contribution is -2.45. The van der Waals surface area contributed by atoms with Crippen molar-refractivity contribution in [1.29, 1.82) is 0 Å². The number of morpholine rings is 1. The summed E-state index contributed by atoms with van der Waals surface area (Å²) in [5.41, 5.74) is 0.566. The molecule has 1 aromatic rings. The standard InChI is InChI=1S/C16H23FN2O2.ClH/c1-16(2,12-4-3-5-13(17)8-12)11-19-15(20)9-14-10-21-7-6-18-14;/h3-5,8,14,18H,6-7,9-11H2,1-2H3,(H,19,20);1H. The molecular weight excluding hydrogens is 307 g/mol. The zero-order valence-electron chi connectivity index (χ0n) is 13.0. The molecule has 0 aromatic heterocycles. The minimum Gasteiger partial charge on any atom is -0.378 e. The van der Waals surface area contributed by atoms with Crippen LogP contribution in [-0.4, -0.2) is 38.3 Å². The number of ether oxygens (including phenoxy) is 1. The first-order valence-corrected chi connectivity index (χ1v) is 7.31. The average molecular weight is 331 g/mol. The Balaban J connectivity index is 0.00000242. The molecule has 1 heterocycles. The van der Waals surface area contributed by atoms with Crippen molar-refractivity contribution in [2.45, 2.75) is 31.7 Å². The molecule has 0 aliphatic carbocycles. The maximum atomic E-state index is 13.3. The normalized spacial score (nSPS) is 18.4. The molecule has 1 atom stereocenters. The first kappa shape index (κ1) is 18.9. The summed E-state index contributed by atoms with van der Waals surface area (Å²) in [7, 11) is 0. The van der Waals surface area contributed by atoms with Gasteiger partial charge in [0, 0.05) is 31.0 Å². The van der Waals surface area contributed by atoms with E-state index >= 15 is 0 Å². The summed E-state index contributed by atoms with van der Waals surface area (Å²) >= 11 is 0. The van der Waals surface area contributed by atoms with Gasteiger partial charge in [0.15, 0.2) is 0 Å². The number of hydrogen-bond donors (Lipinski definition) is 2. The number of nitrogens with one attached hydrogen (secondary N) is 2. The summed E-state index contributed by atoms with van der Waals surface area (Å²) in [6.45, 7) is 6.51. The van der Waals surface area contributed by atoms with Gasteiger partial charge in [-0.3, -0.25) is 4.79 Å². The van der Waals surface area contributed by atoms with Crippen LogP contribution in [0.5, 0.6) is 0 Å². The van der Waals surface area contributed by atoms with Gasteiger partial charge in [0.1, 0.15) is 5.82 Å². The molecule has 0 saturated carbocycles. The van der Waals surface area contributed by atoms with Crippen LogP contribution in [0.2, 0.25) is 0 Å². The van der Waals surface area contributed by atoms with Crippen molar-refractivity contribution in [2.24, 2.45) is 0 Å². The molecule has 1 unspecified atom stereocenters. The molecule has 1 saturated heterocycles. The maximum absolute atomic E-state index is 13.3. The molecule has 0 radical (unpaired) electrons. The van der Waals surface area contributed by atoms with E-state index in [1.807, 2.05) is 19.9 Å². The van der Waals surface area contributed by atoms with Crippen LogP contribution in [-0.2, 0) is 14.9 Å². The van der Waals surface area contributed by atoms with Gasteiger partial charge in [-0.15, -0.1) is 12.4 Å². The maximum Gasteiger partial charge on any atom is 0.221 e. The molecule has 4 nitrogen and oxygen atoms in total. The minimum absolute atomic E-state index is 0. The van der Waals surface area contributed by atoms with Crippen molar-refractivity contribution >= 4 is 18.3 Å². The third-order valence-corrected chi connectivity index (χ3v) is 3.76. The minimum atomic E-state index is -0.311. The largest absolute Gasteiger partial charge is 0.378 e. The molecule has 2 rings (SSSR count). The highest BCUT2D eigenvalue weighted by molar-refractivity contribution is 5.85. The second kappa shape index (κ2) is 8.46. The van der Waals surface area contributed by atoms with E-state index in [4.69, 9.17) is 4.74 Å². The fraction of sp³-hybridized carbons (Fsp3) is 0.562. The topological polar surface area (TPSA) is 50.4 Å². The van der Waals surface area contributed by atoms with Crippen molar-refractivity contribution in [3.8, 4) is 0 Å². The van der Waals surface area contributed by atoms with E-state index in [-0.39, 0.29) is 35.6 Å². The SMILES string of the molecule is CC(C)(CNC(=O)CC1COCCN1)c1cccc(F)c1.Cl. The number of benzene rings is 1. The molecule has 124 valence electrons. The van der Waals surface area contributed by atoms with Gasteiger partial charge >= 0.3 is 0 Å². The molecule has 1 aromatic carbocycles. The Hall–Kier alpha value is -1.17. The molecule has 1 aliphatic rings. The van der Waals surface area contributed by atoms with E-state index in [2.05, 4.69) is 10.6 Å². The van der Waals surface area contributed by atoms with Crippen LogP contribution in [0.3, 0.4) is 0 Å². The van der Waals surface area contributed by atoms with Crippen LogP contribution in [0.15, 0.2) is 24.3 Å². The fourth-order valence-corrected chi connectivity index (χ4v) is 2.38. The summed E-state index contributed by atoms with van der Waals surface area (Å²) in [5, 5.41) is 6.18. The molecule has 1 aliphatic heterocycles. The highest BCUT2D eigenvalue weighted by atomic mass is 35.5. The summed E-state index contributed by atoms with van der Waals surface area (Å²) < 4.78 is 18.6. The lowest BCUT2D eigenvalue weighted by molar-refractivity contribution is -0.122. The first-order chi connectivity index (χ1) is 9.97. The molecule has 0 bridgehead atoms. The van der Waals surface area contributed by atoms with E-state index in [9.17, 15) is 9.18 Å². The first-order valence-electron chi connectivity index (χ1n) is 7.31. The molecule has 1 amide bonds. The Morgan fingerprint density at radius 1 is 1.50 bits per heavy atom. The summed E-state index contributed by atoms with van der Waals surface area (Å²) in [4.78, 5) is 12.0. The lowest BCUT2D eigenvalue weighted by Gasteiger charge is -2.27. The third kappa shape index (κ3) is 5.55. The van der Waals surface area contributed by atoms with Crippen LogP contribution in [0, 0.1) is 5.82 Å². The zero-order chi connectivity index (χ0) is 15.3. The van der Waals surface area contributed by atoms with Crippen LogP contribution in [0.4, 0.5) is 4.39 Å². The monoisotopic (exact) mass is 330 g/mol. The molecule has 0 spiro atoms. The molecule has 6 heteroatoms. The Bertz CT molecular complexity index is 491. The van der Waals surface area contributed by atoms with Gasteiger partial charge in [-0.25, -0.2) is 4.39 Å². The van der Waals surface area contributed by atoms with Crippen molar-refractivity contribution in [2.75, 3.05) is 26.3 Å². The van der Waals surface area contributed by atoms with Crippen molar-refractivity contribution < 1.29 is 13.9 Å². The van der Waals surface area contributed by atoms with Crippen LogP contribution >= 0.6 is 12.4 Å². The van der Waals surface area contributed by atoms with E-state index < -0.39 is 0 Å². The quantitative estimate of drug-likeness (QED) is 0.868. The van der Waals surface area contributed by atoms with E-state index in [1.54, 1.807) is 6.07 Å². The Morgan fingerprint density at radius 2 is 2.27 bits per heavy atom. The van der Waals surface area contributed by atoms with Crippen molar-refractivity contribution in [3.05, 3.63) is 35.6 Å². The van der Waals surface area contributed by atoms with Gasteiger partial charge in [-0.1, -0.05) is 26.0 Å². The second-order valence-electron chi connectivity index (χ2n) is 6.10. The van der Waals surface area contributed by atoms with Gasteiger partial charge in [0.05, 0.1) is 13.2 Å². The highest BCUT2D eigenvalue weighted by Crippen LogP contribution is 2.22. The molecule has 2 N–H and O–H groups in total. The Kier molecular flexibility index (Phi) is 7.26. The predicted molar refractivity (Wildman–Crippen MR) is 86.9 cm³/mol. The number of carbonyl (C=O) groups excluding carboxylic acids is 1. The molecule has 1 fully saturated rings. The van der Waals surface area contributed by atoms with E-state index in [1.165, 1.54) is 12.1 Å². The van der Waals surface area contributed by atoms with E-state index in [0.717, 1.165) is 12.1 Å². The summed E-state index contributed by atoms with van der Waals surface area (Å²) in [6.07, 6.45) is 0.402. The Morgan fingerprint density at radius 3 is 2.91 bits per heavy atom. The summed E-state index contributed by atoms with van der Waals surface area (Å²) in [6, 6.07) is 6.59. The van der Waals surface area contributed by atoms with Gasteiger partial charge in [0.25, 0.3) is 0 Å². The Labute approximate surface area is 137 Å². The average Bonchev–Trinajstić information content (AvgIpc) is 2.46. The summed E-state index contributed by atoms with van der Waals surface area (Å²) in [5.74, 6) is -0.266. The van der Waals surface area contributed by atoms with Crippen molar-refractivity contribution in [3.63, 3.8) is 0 Å². The van der Waals surface area contributed by atoms with Crippen LogP contribution < -0.4 is 10.6 Å². The smallest absolute Gasteiger partial charge is 0.221 e. The number of halogens is 2. The molecular formula is C16H24ClFN2O2. The van der Waals surface area contributed by atoms with Gasteiger partial charge in [-0.05, 0) is 17.7 Å². The van der Waals surface area contributed by atoms with Crippen molar-refractivity contribution in [1.82, 2.24) is 10.6 Å². The number of amides is 1.